The van der Waals surface area contributed by atoms with Gasteiger partial charge in [0.2, 0.25) is 0 Å². The van der Waals surface area contributed by atoms with Crippen molar-refractivity contribution in [2.45, 2.75) is 45.6 Å². The molecule has 0 spiro atoms. The molecule has 0 radical (unpaired) electrons. The van der Waals surface area contributed by atoms with E-state index in [1.54, 1.807) is 0 Å². The highest BCUT2D eigenvalue weighted by Crippen LogP contribution is 2.37. The molecule has 3 nitrogen and oxygen atoms in total. The summed E-state index contributed by atoms with van der Waals surface area (Å²) in [6.07, 6.45) is 4.77. The SMILES string of the molecule is CCCC1CC1N=C(N)Nc1ccc(CC)cc1. The maximum Gasteiger partial charge on any atom is 0.193 e. The van der Waals surface area contributed by atoms with Gasteiger partial charge in [-0.05, 0) is 42.9 Å². The Morgan fingerprint density at radius 2 is 2.06 bits per heavy atom. The number of hydrogen-bond donors (Lipinski definition) is 2. The minimum atomic E-state index is 0.451. The first kappa shape index (κ1) is 12.9. The second kappa shape index (κ2) is 5.89. The van der Waals surface area contributed by atoms with E-state index >= 15 is 0 Å². The Bertz CT molecular complexity index is 408. The van der Waals surface area contributed by atoms with Gasteiger partial charge in [0.15, 0.2) is 5.96 Å². The van der Waals surface area contributed by atoms with E-state index in [1.807, 2.05) is 0 Å². The van der Waals surface area contributed by atoms with Gasteiger partial charge >= 0.3 is 0 Å². The highest BCUT2D eigenvalue weighted by molar-refractivity contribution is 5.92. The first-order chi connectivity index (χ1) is 8.72. The summed E-state index contributed by atoms with van der Waals surface area (Å²) in [4.78, 5) is 4.51. The molecular weight excluding hydrogens is 222 g/mol. The zero-order valence-electron chi connectivity index (χ0n) is 11.3. The Hall–Kier alpha value is -1.51. The van der Waals surface area contributed by atoms with Crippen LogP contribution in [-0.2, 0) is 6.42 Å². The zero-order valence-corrected chi connectivity index (χ0v) is 11.3. The Morgan fingerprint density at radius 3 is 2.67 bits per heavy atom. The smallest absolute Gasteiger partial charge is 0.193 e. The van der Waals surface area contributed by atoms with Crippen LogP contribution in [0.5, 0.6) is 0 Å². The van der Waals surface area contributed by atoms with Crippen LogP contribution in [-0.4, -0.2) is 12.0 Å². The molecule has 0 saturated heterocycles. The Labute approximate surface area is 109 Å². The lowest BCUT2D eigenvalue weighted by Gasteiger charge is -2.06. The molecule has 1 aliphatic carbocycles. The minimum absolute atomic E-state index is 0.451. The monoisotopic (exact) mass is 245 g/mol. The van der Waals surface area contributed by atoms with E-state index in [2.05, 4.69) is 48.4 Å². The van der Waals surface area contributed by atoms with E-state index in [0.29, 0.717) is 12.0 Å². The number of anilines is 1. The fourth-order valence-corrected chi connectivity index (χ4v) is 2.25. The molecule has 0 aromatic heterocycles. The summed E-state index contributed by atoms with van der Waals surface area (Å²) >= 11 is 0. The molecule has 1 aromatic rings. The molecule has 0 amide bonds. The van der Waals surface area contributed by atoms with Crippen LogP contribution in [0.2, 0.25) is 0 Å². The average Bonchev–Trinajstić information content (AvgIpc) is 3.08. The summed E-state index contributed by atoms with van der Waals surface area (Å²) in [5, 5.41) is 3.15. The largest absolute Gasteiger partial charge is 0.370 e. The summed E-state index contributed by atoms with van der Waals surface area (Å²) in [7, 11) is 0. The third kappa shape index (κ3) is 3.49. The van der Waals surface area contributed by atoms with E-state index < -0.39 is 0 Å². The third-order valence-corrected chi connectivity index (χ3v) is 3.48. The van der Waals surface area contributed by atoms with Gasteiger partial charge in [-0.2, -0.15) is 0 Å². The molecule has 3 N–H and O–H groups in total. The van der Waals surface area contributed by atoms with E-state index in [9.17, 15) is 0 Å². The topological polar surface area (TPSA) is 50.4 Å². The molecule has 1 fully saturated rings. The predicted octanol–water partition coefficient (Wildman–Crippen LogP) is 3.16. The fourth-order valence-electron chi connectivity index (χ4n) is 2.25. The second-order valence-corrected chi connectivity index (χ2v) is 5.04. The van der Waals surface area contributed by atoms with Gasteiger partial charge in [0.1, 0.15) is 0 Å². The molecule has 3 heteroatoms. The first-order valence-corrected chi connectivity index (χ1v) is 6.92. The summed E-state index contributed by atoms with van der Waals surface area (Å²) in [6.45, 7) is 4.37. The molecular formula is C15H23N3. The molecule has 2 atom stereocenters. The van der Waals surface area contributed by atoms with Crippen LogP contribution < -0.4 is 11.1 Å². The Kier molecular flexibility index (Phi) is 4.24. The van der Waals surface area contributed by atoms with Crippen molar-refractivity contribution in [1.82, 2.24) is 0 Å². The molecule has 0 aliphatic heterocycles. The van der Waals surface area contributed by atoms with Crippen molar-refractivity contribution in [3.8, 4) is 0 Å². The van der Waals surface area contributed by atoms with Gasteiger partial charge in [-0.3, -0.25) is 0 Å². The standard InChI is InChI=1S/C15H23N3/c1-3-5-12-10-14(12)18-15(16)17-13-8-6-11(4-2)7-9-13/h6-9,12,14H,3-5,10H2,1-2H3,(H3,16,17,18). The van der Waals surface area contributed by atoms with Gasteiger partial charge < -0.3 is 11.1 Å². The highest BCUT2D eigenvalue weighted by Gasteiger charge is 2.35. The number of nitrogens with two attached hydrogens (primary N) is 1. The molecule has 0 bridgehead atoms. The number of rotatable bonds is 5. The number of guanidine groups is 1. The van der Waals surface area contributed by atoms with Gasteiger partial charge in [0, 0.05) is 5.69 Å². The van der Waals surface area contributed by atoms with Crippen molar-refractivity contribution in [1.29, 1.82) is 0 Å². The van der Waals surface area contributed by atoms with Crippen LogP contribution in [0, 0.1) is 5.92 Å². The lowest BCUT2D eigenvalue weighted by atomic mass is 10.1. The van der Waals surface area contributed by atoms with Gasteiger partial charge in [-0.1, -0.05) is 32.4 Å². The van der Waals surface area contributed by atoms with E-state index in [4.69, 9.17) is 5.73 Å². The minimum Gasteiger partial charge on any atom is -0.370 e. The number of nitrogens with zero attached hydrogens (tertiary/aromatic N) is 1. The zero-order chi connectivity index (χ0) is 13.0. The van der Waals surface area contributed by atoms with Crippen molar-refractivity contribution in [2.75, 3.05) is 5.32 Å². The Balaban J connectivity index is 1.86. The van der Waals surface area contributed by atoms with Crippen LogP contribution in [0.15, 0.2) is 29.3 Å². The molecule has 18 heavy (non-hydrogen) atoms. The summed E-state index contributed by atoms with van der Waals surface area (Å²) in [6, 6.07) is 8.79. The van der Waals surface area contributed by atoms with E-state index in [0.717, 1.165) is 18.0 Å². The number of nitrogens with one attached hydrogen (secondary N) is 1. The fraction of sp³-hybridized carbons (Fsp3) is 0.533. The first-order valence-electron chi connectivity index (χ1n) is 6.92. The Morgan fingerprint density at radius 1 is 1.33 bits per heavy atom. The number of hydrogen-bond acceptors (Lipinski definition) is 1. The number of aryl methyl sites for hydroxylation is 1. The van der Waals surface area contributed by atoms with Crippen LogP contribution in [0.25, 0.3) is 0 Å². The maximum absolute atomic E-state index is 5.91. The molecule has 1 saturated carbocycles. The molecule has 98 valence electrons. The predicted molar refractivity (Wildman–Crippen MR) is 77.9 cm³/mol. The van der Waals surface area contributed by atoms with Crippen molar-refractivity contribution in [2.24, 2.45) is 16.6 Å². The van der Waals surface area contributed by atoms with E-state index in [-0.39, 0.29) is 0 Å². The average molecular weight is 245 g/mol. The van der Waals surface area contributed by atoms with Crippen LogP contribution in [0.3, 0.4) is 0 Å². The van der Waals surface area contributed by atoms with Crippen molar-refractivity contribution in [3.05, 3.63) is 29.8 Å². The van der Waals surface area contributed by atoms with Crippen molar-refractivity contribution >= 4 is 11.6 Å². The van der Waals surface area contributed by atoms with Crippen LogP contribution in [0.4, 0.5) is 5.69 Å². The third-order valence-electron chi connectivity index (χ3n) is 3.48. The normalized spacial score (nSPS) is 22.9. The molecule has 2 unspecified atom stereocenters. The molecule has 2 rings (SSSR count). The van der Waals surface area contributed by atoms with E-state index in [1.165, 1.54) is 24.8 Å². The quantitative estimate of drug-likeness (QED) is 0.618. The van der Waals surface area contributed by atoms with Gasteiger partial charge in [0.05, 0.1) is 6.04 Å². The summed E-state index contributed by atoms with van der Waals surface area (Å²) in [5.41, 5.74) is 8.26. The van der Waals surface area contributed by atoms with Crippen LogP contribution in [0.1, 0.15) is 38.7 Å². The summed E-state index contributed by atoms with van der Waals surface area (Å²) in [5.74, 6) is 1.31. The molecule has 0 heterocycles. The lowest BCUT2D eigenvalue weighted by Crippen LogP contribution is -2.23. The number of aliphatic imine (C=N–C) groups is 1. The molecule has 1 aromatic carbocycles. The summed E-state index contributed by atoms with van der Waals surface area (Å²) < 4.78 is 0. The highest BCUT2D eigenvalue weighted by atomic mass is 15.1. The lowest BCUT2D eigenvalue weighted by molar-refractivity contribution is 0.683. The number of benzene rings is 1. The molecule has 1 aliphatic rings. The van der Waals surface area contributed by atoms with Crippen molar-refractivity contribution < 1.29 is 0 Å². The van der Waals surface area contributed by atoms with Crippen molar-refractivity contribution in [3.63, 3.8) is 0 Å². The van der Waals surface area contributed by atoms with Gasteiger partial charge in [0.25, 0.3) is 0 Å². The second-order valence-electron chi connectivity index (χ2n) is 5.04. The van der Waals surface area contributed by atoms with Gasteiger partial charge in [-0.15, -0.1) is 0 Å². The van der Waals surface area contributed by atoms with Crippen LogP contribution >= 0.6 is 0 Å². The van der Waals surface area contributed by atoms with Gasteiger partial charge in [-0.25, -0.2) is 4.99 Å². The maximum atomic E-state index is 5.91.